The first-order chi connectivity index (χ1) is 8.08. The molecule has 0 amide bonds. The van der Waals surface area contributed by atoms with Crippen molar-refractivity contribution in [1.82, 2.24) is 9.80 Å². The molecular formula is C13H26N2O2. The van der Waals surface area contributed by atoms with E-state index in [9.17, 15) is 4.79 Å². The molecule has 0 radical (unpaired) electrons. The molecule has 4 nitrogen and oxygen atoms in total. The van der Waals surface area contributed by atoms with Crippen LogP contribution in [0.15, 0.2) is 0 Å². The van der Waals surface area contributed by atoms with E-state index in [0.29, 0.717) is 6.04 Å². The minimum absolute atomic E-state index is 0.0184. The van der Waals surface area contributed by atoms with Crippen LogP contribution in [0, 0.1) is 5.92 Å². The molecule has 1 saturated heterocycles. The number of ether oxygens (including phenoxy) is 1. The van der Waals surface area contributed by atoms with Crippen molar-refractivity contribution in [3.63, 3.8) is 0 Å². The number of nitrogens with zero attached hydrogens (tertiary/aromatic N) is 2. The summed E-state index contributed by atoms with van der Waals surface area (Å²) in [6.07, 6.45) is 1.21. The maximum atomic E-state index is 11.3. The molecule has 0 N–H and O–H groups in total. The summed E-state index contributed by atoms with van der Waals surface area (Å²) in [7, 11) is 1.46. The van der Waals surface area contributed by atoms with Crippen molar-refractivity contribution in [2.24, 2.45) is 5.92 Å². The predicted molar refractivity (Wildman–Crippen MR) is 68.9 cm³/mol. The summed E-state index contributed by atoms with van der Waals surface area (Å²) >= 11 is 0. The second-order valence-corrected chi connectivity index (χ2v) is 5.02. The van der Waals surface area contributed by atoms with Crippen LogP contribution in [0.1, 0.15) is 27.2 Å². The molecular weight excluding hydrogens is 216 g/mol. The van der Waals surface area contributed by atoms with Gasteiger partial charge in [0, 0.05) is 38.8 Å². The van der Waals surface area contributed by atoms with Gasteiger partial charge in [0.15, 0.2) is 0 Å². The fraction of sp³-hybridized carbons (Fsp3) is 0.923. The lowest BCUT2D eigenvalue weighted by molar-refractivity contribution is -0.145. The highest BCUT2D eigenvalue weighted by molar-refractivity contribution is 5.72. The fourth-order valence-electron chi connectivity index (χ4n) is 2.31. The number of methoxy groups -OCH3 is 1. The van der Waals surface area contributed by atoms with Crippen molar-refractivity contribution in [2.75, 3.05) is 39.8 Å². The van der Waals surface area contributed by atoms with Crippen LogP contribution in [0.5, 0.6) is 0 Å². The van der Waals surface area contributed by atoms with Crippen molar-refractivity contribution in [3.8, 4) is 0 Å². The molecule has 17 heavy (non-hydrogen) atoms. The van der Waals surface area contributed by atoms with Gasteiger partial charge in [0.2, 0.25) is 0 Å². The van der Waals surface area contributed by atoms with Crippen LogP contribution in [-0.2, 0) is 9.53 Å². The van der Waals surface area contributed by atoms with Crippen molar-refractivity contribution in [2.45, 2.75) is 33.2 Å². The summed E-state index contributed by atoms with van der Waals surface area (Å²) in [6, 6.07) is 0.676. The number of carbonyl (C=O) groups is 1. The average Bonchev–Trinajstić information content (AvgIpc) is 2.37. The monoisotopic (exact) mass is 242 g/mol. The molecule has 0 aliphatic carbocycles. The molecule has 0 saturated carbocycles. The molecule has 1 rings (SSSR count). The zero-order chi connectivity index (χ0) is 12.8. The number of hydrogen-bond donors (Lipinski definition) is 0. The highest BCUT2D eigenvalue weighted by atomic mass is 16.5. The Hall–Kier alpha value is -0.610. The van der Waals surface area contributed by atoms with Crippen LogP contribution >= 0.6 is 0 Å². The smallest absolute Gasteiger partial charge is 0.309 e. The van der Waals surface area contributed by atoms with Crippen LogP contribution in [-0.4, -0.2) is 61.6 Å². The van der Waals surface area contributed by atoms with Gasteiger partial charge in [0.25, 0.3) is 0 Å². The first-order valence-electron chi connectivity index (χ1n) is 6.62. The van der Waals surface area contributed by atoms with Crippen molar-refractivity contribution in [3.05, 3.63) is 0 Å². The van der Waals surface area contributed by atoms with Gasteiger partial charge in [0.1, 0.15) is 0 Å². The molecule has 0 bridgehead atoms. The van der Waals surface area contributed by atoms with E-state index in [1.165, 1.54) is 13.5 Å². The van der Waals surface area contributed by atoms with E-state index in [2.05, 4.69) is 23.6 Å². The van der Waals surface area contributed by atoms with E-state index in [1.807, 2.05) is 6.92 Å². The van der Waals surface area contributed by atoms with E-state index < -0.39 is 0 Å². The minimum Gasteiger partial charge on any atom is -0.469 e. The maximum absolute atomic E-state index is 11.3. The van der Waals surface area contributed by atoms with Gasteiger partial charge in [-0.3, -0.25) is 14.6 Å². The van der Waals surface area contributed by atoms with Crippen molar-refractivity contribution < 1.29 is 9.53 Å². The van der Waals surface area contributed by atoms with Crippen LogP contribution in [0.2, 0.25) is 0 Å². The quantitative estimate of drug-likeness (QED) is 0.679. The standard InChI is InChI=1S/C13H26N2O2/c1-5-12(3)15-8-6-14(7-9-15)10-11(2)13(16)17-4/h11-12H,5-10H2,1-4H3. The van der Waals surface area contributed by atoms with Crippen molar-refractivity contribution in [1.29, 1.82) is 0 Å². The van der Waals surface area contributed by atoms with Crippen molar-refractivity contribution >= 4 is 5.97 Å². The summed E-state index contributed by atoms with van der Waals surface area (Å²) in [5.74, 6) is -0.121. The Kier molecular flexibility index (Phi) is 5.92. The van der Waals surface area contributed by atoms with E-state index in [4.69, 9.17) is 4.74 Å². The zero-order valence-corrected chi connectivity index (χ0v) is 11.6. The molecule has 2 atom stereocenters. The summed E-state index contributed by atoms with van der Waals surface area (Å²) in [4.78, 5) is 16.2. The minimum atomic E-state index is -0.102. The lowest BCUT2D eigenvalue weighted by Gasteiger charge is -2.38. The normalized spacial score (nSPS) is 22.1. The van der Waals surface area contributed by atoms with Gasteiger partial charge < -0.3 is 4.74 Å². The Morgan fingerprint density at radius 1 is 1.24 bits per heavy atom. The van der Waals surface area contributed by atoms with Gasteiger partial charge in [-0.1, -0.05) is 13.8 Å². The second kappa shape index (κ2) is 6.97. The summed E-state index contributed by atoms with van der Waals surface area (Å²) in [5, 5.41) is 0. The van der Waals surface area contributed by atoms with Gasteiger partial charge in [-0.05, 0) is 13.3 Å². The third kappa shape index (κ3) is 4.28. The third-order valence-electron chi connectivity index (χ3n) is 3.76. The van der Waals surface area contributed by atoms with Gasteiger partial charge in [-0.25, -0.2) is 0 Å². The van der Waals surface area contributed by atoms with Gasteiger partial charge in [-0.15, -0.1) is 0 Å². The molecule has 0 aromatic carbocycles. The lowest BCUT2D eigenvalue weighted by Crippen LogP contribution is -2.50. The van der Waals surface area contributed by atoms with E-state index in [1.54, 1.807) is 0 Å². The number of carbonyl (C=O) groups excluding carboxylic acids is 1. The SMILES string of the molecule is CCC(C)N1CCN(CC(C)C(=O)OC)CC1. The molecule has 4 heteroatoms. The highest BCUT2D eigenvalue weighted by Crippen LogP contribution is 2.10. The molecule has 1 heterocycles. The Morgan fingerprint density at radius 3 is 2.29 bits per heavy atom. The average molecular weight is 242 g/mol. The summed E-state index contributed by atoms with van der Waals surface area (Å²) in [6.45, 7) is 11.6. The Morgan fingerprint density at radius 2 is 1.82 bits per heavy atom. The second-order valence-electron chi connectivity index (χ2n) is 5.02. The summed E-state index contributed by atoms with van der Waals surface area (Å²) in [5.41, 5.74) is 0. The van der Waals surface area contributed by atoms with E-state index in [0.717, 1.165) is 32.7 Å². The molecule has 2 unspecified atom stereocenters. The maximum Gasteiger partial charge on any atom is 0.309 e. The Labute approximate surface area is 105 Å². The Balaban J connectivity index is 2.30. The van der Waals surface area contributed by atoms with E-state index >= 15 is 0 Å². The summed E-state index contributed by atoms with van der Waals surface area (Å²) < 4.78 is 4.75. The van der Waals surface area contributed by atoms with Crippen LogP contribution in [0.4, 0.5) is 0 Å². The number of esters is 1. The highest BCUT2D eigenvalue weighted by Gasteiger charge is 2.23. The number of hydrogen-bond acceptors (Lipinski definition) is 4. The molecule has 0 aromatic rings. The molecule has 0 spiro atoms. The van der Waals surface area contributed by atoms with Crippen LogP contribution in [0.3, 0.4) is 0 Å². The fourth-order valence-corrected chi connectivity index (χ4v) is 2.31. The van der Waals surface area contributed by atoms with Gasteiger partial charge in [0.05, 0.1) is 13.0 Å². The van der Waals surface area contributed by atoms with Gasteiger partial charge >= 0.3 is 5.97 Å². The van der Waals surface area contributed by atoms with Crippen LogP contribution < -0.4 is 0 Å². The van der Waals surface area contributed by atoms with Gasteiger partial charge in [-0.2, -0.15) is 0 Å². The first-order valence-corrected chi connectivity index (χ1v) is 6.62. The third-order valence-corrected chi connectivity index (χ3v) is 3.76. The topological polar surface area (TPSA) is 32.8 Å². The van der Waals surface area contributed by atoms with Crippen LogP contribution in [0.25, 0.3) is 0 Å². The molecule has 100 valence electrons. The largest absolute Gasteiger partial charge is 0.469 e. The molecule has 1 aliphatic heterocycles. The lowest BCUT2D eigenvalue weighted by atomic mass is 10.1. The first kappa shape index (κ1) is 14.5. The molecule has 0 aromatic heterocycles. The van der Waals surface area contributed by atoms with E-state index in [-0.39, 0.29) is 11.9 Å². The predicted octanol–water partition coefficient (Wildman–Crippen LogP) is 1.21. The molecule has 1 aliphatic rings. The molecule has 1 fully saturated rings. The number of piperazine rings is 1. The Bertz CT molecular complexity index is 238. The number of rotatable bonds is 5. The zero-order valence-electron chi connectivity index (χ0n) is 11.6.